The van der Waals surface area contributed by atoms with E-state index in [-0.39, 0.29) is 0 Å². The molecule has 0 bridgehead atoms. The summed E-state index contributed by atoms with van der Waals surface area (Å²) in [4.78, 5) is 0. The van der Waals surface area contributed by atoms with Crippen LogP contribution in [-0.2, 0) is 11.8 Å². The molecular weight excluding hydrogens is 82.1 g/mol. The molecule has 0 unspecified atom stereocenters. The van der Waals surface area contributed by atoms with Crippen molar-refractivity contribution in [1.82, 2.24) is 0 Å². The molecule has 1 fully saturated rings. The molecule has 0 aromatic rings. The maximum Gasteiger partial charge on any atom is 0.212 e. The van der Waals surface area contributed by atoms with E-state index >= 15 is 0 Å². The van der Waals surface area contributed by atoms with Gasteiger partial charge in [-0.25, -0.2) is 0 Å². The number of hydrogen-bond acceptors (Lipinski definition) is 1. The van der Waals surface area contributed by atoms with Crippen LogP contribution in [0.3, 0.4) is 0 Å². The number of hydrogen-bond donors (Lipinski definition) is 1. The van der Waals surface area contributed by atoms with Gasteiger partial charge in [0.25, 0.3) is 0 Å². The summed E-state index contributed by atoms with van der Waals surface area (Å²) in [6, 6.07) is 0. The summed E-state index contributed by atoms with van der Waals surface area (Å²) in [5.74, 6) is 0. The first-order valence-corrected chi connectivity index (χ1v) is 2.79. The highest BCUT2D eigenvalue weighted by atomic mass is 32.2. The van der Waals surface area contributed by atoms with Crippen molar-refractivity contribution >= 4 is 11.8 Å². The third kappa shape index (κ3) is 0.578. The minimum absolute atomic E-state index is 0.523. The Bertz CT molecular complexity index is 40.2. The number of nitrogens with two attached hydrogens (primary N) is 1. The van der Waals surface area contributed by atoms with E-state index in [0.717, 1.165) is 5.25 Å². The molecule has 0 aliphatic carbocycles. The van der Waals surface area contributed by atoms with Crippen molar-refractivity contribution < 1.29 is 0 Å². The van der Waals surface area contributed by atoms with Gasteiger partial charge in [0.2, 0.25) is 5.37 Å². The molecule has 0 amide bonds. The van der Waals surface area contributed by atoms with Gasteiger partial charge in [0.15, 0.2) is 5.25 Å². The van der Waals surface area contributed by atoms with Crippen molar-refractivity contribution in [3.8, 4) is 0 Å². The van der Waals surface area contributed by atoms with Gasteiger partial charge < -0.3 is 0 Å². The molecule has 5 heavy (non-hydrogen) atoms. The van der Waals surface area contributed by atoms with Gasteiger partial charge >= 0.3 is 0 Å². The normalized spacial score (nSPS) is 49.2. The van der Waals surface area contributed by atoms with E-state index in [4.69, 9.17) is 5.73 Å². The van der Waals surface area contributed by atoms with E-state index in [1.165, 1.54) is 11.8 Å². The van der Waals surface area contributed by atoms with Gasteiger partial charge in [0.05, 0.1) is 0 Å². The second-order valence-corrected chi connectivity index (χ2v) is 3.09. The fraction of sp³-hybridized carbons (Fsp3) is 1.00. The van der Waals surface area contributed by atoms with Gasteiger partial charge in [-0.15, -0.1) is 0 Å². The van der Waals surface area contributed by atoms with Crippen LogP contribution in [0.15, 0.2) is 0 Å². The fourth-order valence-corrected chi connectivity index (χ4v) is 0.665. The third-order valence-electron chi connectivity index (χ3n) is 0.812. The zero-order valence-electron chi connectivity index (χ0n) is 3.18. The first-order valence-electron chi connectivity index (χ1n) is 1.76. The lowest BCUT2D eigenvalue weighted by Crippen LogP contribution is -2.01. The smallest absolute Gasteiger partial charge is 0.212 e. The van der Waals surface area contributed by atoms with Crippen molar-refractivity contribution in [2.45, 2.75) is 17.5 Å². The quantitative estimate of drug-likeness (QED) is 0.242. The average molecular weight is 90.2 g/mol. The molecule has 1 aliphatic heterocycles. The van der Waals surface area contributed by atoms with Crippen molar-refractivity contribution in [2.24, 2.45) is 5.73 Å². The van der Waals surface area contributed by atoms with Crippen molar-refractivity contribution in [1.29, 1.82) is 0 Å². The molecule has 0 saturated carbocycles. The molecule has 1 aliphatic rings. The van der Waals surface area contributed by atoms with E-state index in [2.05, 4.69) is 6.92 Å². The first-order chi connectivity index (χ1) is 2.30. The van der Waals surface area contributed by atoms with Crippen LogP contribution in [0.2, 0.25) is 0 Å². The Balaban J connectivity index is 2.20. The highest BCUT2D eigenvalue weighted by molar-refractivity contribution is 7.87. The number of thiol groups is 1. The summed E-state index contributed by atoms with van der Waals surface area (Å²) < 4.78 is 0. The van der Waals surface area contributed by atoms with Gasteiger partial charge in [-0.2, -0.15) is 0 Å². The molecule has 0 spiro atoms. The Morgan fingerprint density at radius 2 is 2.00 bits per heavy atom. The molecule has 0 aromatic carbocycles. The Labute approximate surface area is 35.9 Å². The van der Waals surface area contributed by atoms with E-state index in [9.17, 15) is 0 Å². The lowest BCUT2D eigenvalue weighted by atomic mass is 10.5. The zero-order valence-corrected chi connectivity index (χ0v) is 4.07. The summed E-state index contributed by atoms with van der Waals surface area (Å²) >= 11 is 1.44. The maximum atomic E-state index is 5.35. The van der Waals surface area contributed by atoms with Crippen LogP contribution < -0.4 is 5.73 Å². The van der Waals surface area contributed by atoms with Crippen LogP contribution in [0.25, 0.3) is 0 Å². The minimum Gasteiger partial charge on any atom is -0.282 e. The second-order valence-electron chi connectivity index (χ2n) is 1.38. The van der Waals surface area contributed by atoms with Crippen molar-refractivity contribution in [3.63, 3.8) is 0 Å². The van der Waals surface area contributed by atoms with Crippen molar-refractivity contribution in [3.05, 3.63) is 0 Å². The molecule has 0 aromatic heterocycles. The molecule has 30 valence electrons. The van der Waals surface area contributed by atoms with E-state index in [1.807, 2.05) is 0 Å². The summed E-state index contributed by atoms with van der Waals surface area (Å²) in [5, 5.41) is 1.32. The molecule has 1 heterocycles. The Kier molecular flexibility index (Phi) is 0.618. The van der Waals surface area contributed by atoms with Gasteiger partial charge in [-0.05, 0) is 6.92 Å². The molecule has 1 saturated heterocycles. The Morgan fingerprint density at radius 3 is 2.00 bits per heavy atom. The standard InChI is InChI=1S/C3H7NS/c1-2-3(4)5-2/h2-3H,4H2,1H3/p+1/t2-,3+/m0/s1. The predicted octanol–water partition coefficient (Wildman–Crippen LogP) is -0.512. The summed E-state index contributed by atoms with van der Waals surface area (Å²) in [6.45, 7) is 2.16. The maximum absolute atomic E-state index is 5.35. The zero-order chi connectivity index (χ0) is 3.86. The largest absolute Gasteiger partial charge is 0.282 e. The van der Waals surface area contributed by atoms with E-state index in [0.29, 0.717) is 5.37 Å². The number of rotatable bonds is 0. The van der Waals surface area contributed by atoms with Gasteiger partial charge in [-0.1, -0.05) is 0 Å². The fourth-order valence-electron chi connectivity index (χ4n) is 0.222. The summed E-state index contributed by atoms with van der Waals surface area (Å²) in [6.07, 6.45) is 0. The molecule has 0 radical (unpaired) electrons. The Morgan fingerprint density at radius 1 is 1.80 bits per heavy atom. The van der Waals surface area contributed by atoms with Gasteiger partial charge in [-0.3, -0.25) is 5.73 Å². The first kappa shape index (κ1) is 3.50. The molecule has 1 nitrogen and oxygen atoms in total. The minimum atomic E-state index is 0.523. The Hall–Kier alpha value is 0.310. The van der Waals surface area contributed by atoms with Crippen LogP contribution >= 0.6 is 0 Å². The summed E-state index contributed by atoms with van der Waals surface area (Å²) in [5.41, 5.74) is 5.35. The van der Waals surface area contributed by atoms with E-state index in [1.54, 1.807) is 0 Å². The SMILES string of the molecule is C[C@@H]1[SH+][C@H]1N. The van der Waals surface area contributed by atoms with Crippen LogP contribution in [0.4, 0.5) is 0 Å². The van der Waals surface area contributed by atoms with E-state index < -0.39 is 0 Å². The van der Waals surface area contributed by atoms with Crippen molar-refractivity contribution in [2.75, 3.05) is 0 Å². The topological polar surface area (TPSA) is 26.0 Å². The molecule has 2 atom stereocenters. The highest BCUT2D eigenvalue weighted by Crippen LogP contribution is 2.14. The molecule has 2 N–H and O–H groups in total. The molecule has 1 rings (SSSR count). The summed E-state index contributed by atoms with van der Waals surface area (Å²) in [7, 11) is 0. The molecule has 2 heteroatoms. The average Bonchev–Trinajstić information content (AvgIpc) is 1.79. The van der Waals surface area contributed by atoms with Gasteiger partial charge in [0.1, 0.15) is 0 Å². The van der Waals surface area contributed by atoms with Gasteiger partial charge in [0, 0.05) is 11.8 Å². The molecular formula is C3H8NS+. The lowest BCUT2D eigenvalue weighted by molar-refractivity contribution is 1.00. The van der Waals surface area contributed by atoms with Crippen LogP contribution in [0.5, 0.6) is 0 Å². The monoisotopic (exact) mass is 90.0 g/mol. The second kappa shape index (κ2) is 0.884. The van der Waals surface area contributed by atoms with Crippen LogP contribution in [-0.4, -0.2) is 10.6 Å². The van der Waals surface area contributed by atoms with Crippen LogP contribution in [0.1, 0.15) is 6.92 Å². The third-order valence-corrected chi connectivity index (χ3v) is 2.05. The predicted molar refractivity (Wildman–Crippen MR) is 26.2 cm³/mol. The van der Waals surface area contributed by atoms with Crippen LogP contribution in [0, 0.1) is 0 Å². The highest BCUT2D eigenvalue weighted by Gasteiger charge is 2.42. The lowest BCUT2D eigenvalue weighted by Gasteiger charge is -1.54.